The Morgan fingerprint density at radius 1 is 0.868 bits per heavy atom. The molecule has 0 saturated carbocycles. The first-order valence-corrected chi connectivity index (χ1v) is 17.8. The quantitative estimate of drug-likeness (QED) is 0.104. The van der Waals surface area contributed by atoms with E-state index in [1.807, 2.05) is 48.5 Å². The average Bonchev–Trinajstić information content (AvgIpc) is 3.42. The summed E-state index contributed by atoms with van der Waals surface area (Å²) in [7, 11) is 0. The minimum atomic E-state index is -1.20. The molecule has 1 atom stereocenters. The average molecular weight is 768 g/mol. The number of carbonyl (C=O) groups is 5. The van der Waals surface area contributed by atoms with E-state index in [1.54, 1.807) is 39.0 Å². The summed E-state index contributed by atoms with van der Waals surface area (Å²) in [6, 6.07) is 19.4. The molecule has 53 heavy (non-hydrogen) atoms. The first-order chi connectivity index (χ1) is 25.2. The Hall–Kier alpha value is -5.07. The van der Waals surface area contributed by atoms with Gasteiger partial charge in [0, 0.05) is 42.0 Å². The minimum absolute atomic E-state index is 0.0123. The van der Waals surface area contributed by atoms with Gasteiger partial charge in [0.05, 0.1) is 6.54 Å². The summed E-state index contributed by atoms with van der Waals surface area (Å²) in [5.41, 5.74) is 3.99. The Morgan fingerprint density at radius 2 is 1.49 bits per heavy atom. The number of benzene rings is 3. The molecule has 0 heterocycles. The molecule has 0 saturated heterocycles. The predicted octanol–water partition coefficient (Wildman–Crippen LogP) is 7.02. The third-order valence-electron chi connectivity index (χ3n) is 8.07. The number of carbonyl (C=O) groups excluding carboxylic acids is 5. The van der Waals surface area contributed by atoms with Crippen LogP contribution in [0.25, 0.3) is 11.1 Å². The van der Waals surface area contributed by atoms with Gasteiger partial charge >= 0.3 is 18.3 Å². The van der Waals surface area contributed by atoms with Gasteiger partial charge in [-0.25, -0.2) is 14.4 Å². The van der Waals surface area contributed by atoms with Crippen molar-refractivity contribution >= 4 is 53.2 Å². The fraction of sp³-hybridized carbons (Fsp3) is 0.359. The molecule has 12 nitrogen and oxygen atoms in total. The number of nitrogens with zero attached hydrogens (tertiary/aromatic N) is 1. The van der Waals surface area contributed by atoms with Crippen molar-refractivity contribution in [3.8, 4) is 11.1 Å². The van der Waals surface area contributed by atoms with Crippen LogP contribution in [0.5, 0.6) is 0 Å². The highest BCUT2D eigenvalue weighted by atomic mass is 35.5. The lowest BCUT2D eigenvalue weighted by atomic mass is 9.98. The van der Waals surface area contributed by atoms with E-state index in [-0.39, 0.29) is 63.9 Å². The molecule has 0 bridgehead atoms. The molecule has 1 aliphatic rings. The lowest BCUT2D eigenvalue weighted by molar-refractivity contribution is -0.134. The molecular weight excluding hydrogens is 723 g/mol. The Bertz CT molecular complexity index is 1750. The number of Topliss-reactive ketones (excluding diaryl/α,β-unsaturated/α-hetero) is 1. The van der Waals surface area contributed by atoms with Crippen LogP contribution in [-0.2, 0) is 30.3 Å². The van der Waals surface area contributed by atoms with Crippen molar-refractivity contribution in [3.05, 3.63) is 106 Å². The van der Waals surface area contributed by atoms with Crippen molar-refractivity contribution < 1.29 is 38.2 Å². The SMILES string of the molecule is C=CCOC(=O)NCC(=O)CCN(Cc1cc(Cl)cc(Cl)c1)C(=O)C(CCNC(=O)OC(C)(C)C)NC(=O)OCC1c2ccccc2-c2ccccc21. The van der Waals surface area contributed by atoms with E-state index in [4.69, 9.17) is 37.4 Å². The number of fused-ring (bicyclic) bond motifs is 3. The summed E-state index contributed by atoms with van der Waals surface area (Å²) in [6.07, 6.45) is -1.12. The molecule has 1 aliphatic carbocycles. The maximum Gasteiger partial charge on any atom is 0.407 e. The largest absolute Gasteiger partial charge is 0.449 e. The van der Waals surface area contributed by atoms with Crippen LogP contribution in [0.4, 0.5) is 14.4 Å². The van der Waals surface area contributed by atoms with Gasteiger partial charge in [-0.3, -0.25) is 9.59 Å². The molecule has 4 amide bonds. The summed E-state index contributed by atoms with van der Waals surface area (Å²) in [5.74, 6) is -1.16. The maximum absolute atomic E-state index is 14.3. The summed E-state index contributed by atoms with van der Waals surface area (Å²) < 4.78 is 15.9. The minimum Gasteiger partial charge on any atom is -0.449 e. The fourth-order valence-electron chi connectivity index (χ4n) is 5.79. The van der Waals surface area contributed by atoms with Gasteiger partial charge in [-0.2, -0.15) is 0 Å². The molecule has 3 N–H and O–H groups in total. The molecule has 14 heteroatoms. The second-order valence-corrected chi connectivity index (χ2v) is 14.2. The molecule has 1 unspecified atom stereocenters. The molecule has 4 rings (SSSR count). The third-order valence-corrected chi connectivity index (χ3v) is 8.50. The molecule has 0 radical (unpaired) electrons. The zero-order valence-corrected chi connectivity index (χ0v) is 31.4. The number of alkyl carbamates (subject to hydrolysis) is 3. The molecule has 0 aliphatic heterocycles. The number of hydrogen-bond donors (Lipinski definition) is 3. The Labute approximate surface area is 319 Å². The monoisotopic (exact) mass is 766 g/mol. The van der Waals surface area contributed by atoms with Crippen LogP contribution in [-0.4, -0.2) is 79.4 Å². The number of hydrogen-bond acceptors (Lipinski definition) is 8. The van der Waals surface area contributed by atoms with Gasteiger partial charge in [0.2, 0.25) is 5.91 Å². The molecule has 0 spiro atoms. The number of ketones is 1. The highest BCUT2D eigenvalue weighted by Gasteiger charge is 2.31. The summed E-state index contributed by atoms with van der Waals surface area (Å²) >= 11 is 12.5. The van der Waals surface area contributed by atoms with Crippen molar-refractivity contribution in [1.29, 1.82) is 0 Å². The Morgan fingerprint density at radius 3 is 2.09 bits per heavy atom. The normalized spacial score (nSPS) is 12.4. The number of nitrogens with one attached hydrogen (secondary N) is 3. The molecule has 0 aromatic heterocycles. The van der Waals surface area contributed by atoms with Crippen LogP contribution in [0.15, 0.2) is 79.4 Å². The van der Waals surface area contributed by atoms with E-state index in [0.717, 1.165) is 22.3 Å². The summed E-state index contributed by atoms with van der Waals surface area (Å²) in [6.45, 7) is 8.14. The molecule has 282 valence electrons. The van der Waals surface area contributed by atoms with Crippen LogP contribution < -0.4 is 16.0 Å². The van der Waals surface area contributed by atoms with Crippen LogP contribution in [0.1, 0.15) is 56.2 Å². The van der Waals surface area contributed by atoms with Gasteiger partial charge in [-0.1, -0.05) is 84.4 Å². The standard InChI is InChI=1S/C39H44Cl2N4O8/c1-5-18-51-36(48)43-22-28(46)15-17-45(23-25-19-26(40)21-27(41)20-25)35(47)34(14-16-42-37(49)53-39(2,3)4)44-38(50)52-24-33-31-12-8-6-10-29(31)30-11-7-9-13-32(30)33/h5-13,19-21,33-34H,1,14-18,22-24H2,2-4H3,(H,42,49)(H,43,48)(H,44,50). The van der Waals surface area contributed by atoms with Crippen LogP contribution in [0.2, 0.25) is 10.0 Å². The van der Waals surface area contributed by atoms with Crippen LogP contribution in [0, 0.1) is 0 Å². The highest BCUT2D eigenvalue weighted by Crippen LogP contribution is 2.44. The first-order valence-electron chi connectivity index (χ1n) is 17.1. The topological polar surface area (TPSA) is 152 Å². The van der Waals surface area contributed by atoms with Gasteiger partial charge < -0.3 is 35.1 Å². The Kier molecular flexibility index (Phi) is 14.7. The second kappa shape index (κ2) is 19.1. The zero-order chi connectivity index (χ0) is 38.5. The maximum atomic E-state index is 14.3. The van der Waals surface area contributed by atoms with Crippen LogP contribution >= 0.6 is 23.2 Å². The fourth-order valence-corrected chi connectivity index (χ4v) is 6.36. The van der Waals surface area contributed by atoms with Crippen molar-refractivity contribution in [1.82, 2.24) is 20.9 Å². The second-order valence-electron chi connectivity index (χ2n) is 13.3. The smallest absolute Gasteiger partial charge is 0.407 e. The van der Waals surface area contributed by atoms with Crippen molar-refractivity contribution in [2.24, 2.45) is 0 Å². The van der Waals surface area contributed by atoms with Gasteiger partial charge in [-0.05, 0) is 73.2 Å². The first kappa shape index (κ1) is 40.7. The molecule has 3 aromatic rings. The van der Waals surface area contributed by atoms with E-state index in [1.165, 1.54) is 11.0 Å². The van der Waals surface area contributed by atoms with Crippen LogP contribution in [0.3, 0.4) is 0 Å². The molecular formula is C39H44Cl2N4O8. The summed E-state index contributed by atoms with van der Waals surface area (Å²) in [4.78, 5) is 66.1. The number of ether oxygens (including phenoxy) is 3. The van der Waals surface area contributed by atoms with E-state index in [2.05, 4.69) is 22.5 Å². The van der Waals surface area contributed by atoms with E-state index in [0.29, 0.717) is 15.6 Å². The van der Waals surface area contributed by atoms with E-state index < -0.39 is 35.8 Å². The van der Waals surface area contributed by atoms with Crippen molar-refractivity contribution in [3.63, 3.8) is 0 Å². The number of rotatable bonds is 16. The van der Waals surface area contributed by atoms with Gasteiger partial charge in [-0.15, -0.1) is 0 Å². The van der Waals surface area contributed by atoms with Gasteiger partial charge in [0.25, 0.3) is 0 Å². The molecule has 3 aromatic carbocycles. The lowest BCUT2D eigenvalue weighted by Crippen LogP contribution is -2.50. The van der Waals surface area contributed by atoms with E-state index >= 15 is 0 Å². The van der Waals surface area contributed by atoms with Gasteiger partial charge in [0.1, 0.15) is 24.9 Å². The Balaban J connectivity index is 1.51. The van der Waals surface area contributed by atoms with Crippen molar-refractivity contribution in [2.75, 3.05) is 32.8 Å². The highest BCUT2D eigenvalue weighted by molar-refractivity contribution is 6.34. The zero-order valence-electron chi connectivity index (χ0n) is 29.9. The van der Waals surface area contributed by atoms with Crippen molar-refractivity contribution in [2.45, 2.75) is 57.7 Å². The molecule has 0 fully saturated rings. The third kappa shape index (κ3) is 12.5. The number of halogens is 2. The van der Waals surface area contributed by atoms with Gasteiger partial charge in [0.15, 0.2) is 5.78 Å². The van der Waals surface area contributed by atoms with E-state index in [9.17, 15) is 24.0 Å². The summed E-state index contributed by atoms with van der Waals surface area (Å²) in [5, 5.41) is 8.35. The predicted molar refractivity (Wildman–Crippen MR) is 202 cm³/mol. The lowest BCUT2D eigenvalue weighted by Gasteiger charge is -2.28. The number of amides is 4.